The fourth-order valence-corrected chi connectivity index (χ4v) is 4.81. The Hall–Kier alpha value is -3.19. The van der Waals surface area contributed by atoms with Gasteiger partial charge < -0.3 is 14.4 Å². The lowest BCUT2D eigenvalue weighted by molar-refractivity contribution is 0.0742. The van der Waals surface area contributed by atoms with Crippen molar-refractivity contribution in [3.8, 4) is 10.7 Å². The van der Waals surface area contributed by atoms with Crippen molar-refractivity contribution in [2.45, 2.75) is 0 Å². The highest BCUT2D eigenvalue weighted by Gasteiger charge is 2.24. The average molecular weight is 421 g/mol. The predicted molar refractivity (Wildman–Crippen MR) is 119 cm³/mol. The lowest BCUT2D eigenvalue weighted by Gasteiger charge is -2.35. The van der Waals surface area contributed by atoms with Crippen LogP contribution in [-0.4, -0.2) is 46.5 Å². The van der Waals surface area contributed by atoms with Crippen LogP contribution in [0.2, 0.25) is 0 Å². The van der Waals surface area contributed by atoms with Crippen LogP contribution in [0.25, 0.3) is 21.6 Å². The number of amides is 1. The van der Waals surface area contributed by atoms with E-state index in [1.54, 1.807) is 12.1 Å². The minimum atomic E-state index is -0.238. The third-order valence-corrected chi connectivity index (χ3v) is 6.52. The van der Waals surface area contributed by atoms with Crippen molar-refractivity contribution in [3.63, 3.8) is 0 Å². The molecule has 1 aliphatic rings. The van der Waals surface area contributed by atoms with Crippen LogP contribution in [0.15, 0.2) is 60.0 Å². The van der Waals surface area contributed by atoms with E-state index in [9.17, 15) is 9.18 Å². The molecule has 0 aliphatic carbocycles. The molecule has 5 nitrogen and oxygen atoms in total. The first-order valence-corrected chi connectivity index (χ1v) is 10.8. The molecule has 0 N–H and O–H groups in total. The minimum Gasteiger partial charge on any atom is -0.368 e. The number of rotatable bonds is 3. The molecule has 152 valence electrons. The Balaban J connectivity index is 1.30. The summed E-state index contributed by atoms with van der Waals surface area (Å²) in [4.78, 5) is 21.7. The van der Waals surface area contributed by atoms with Crippen molar-refractivity contribution in [3.05, 3.63) is 71.5 Å². The minimum absolute atomic E-state index is 0.0324. The number of anilines is 1. The maximum Gasteiger partial charge on any atom is 0.273 e. The topological polar surface area (TPSA) is 41.4 Å². The number of carbonyl (C=O) groups is 1. The Morgan fingerprint density at radius 1 is 1.03 bits per heavy atom. The SMILES string of the molecule is Cn1c(-c2nc(C(=O)N3CCN(c4ccc(F)cc4)CC3)cs2)cc2ccccc21. The van der Waals surface area contributed by atoms with Gasteiger partial charge in [0.05, 0.1) is 5.69 Å². The summed E-state index contributed by atoms with van der Waals surface area (Å²) in [5.41, 5.74) is 3.64. The molecule has 0 saturated carbocycles. The van der Waals surface area contributed by atoms with Gasteiger partial charge >= 0.3 is 0 Å². The molecular formula is C23H21FN4OS. The molecule has 7 heteroatoms. The number of aromatic nitrogens is 2. The zero-order chi connectivity index (χ0) is 20.7. The van der Waals surface area contributed by atoms with Gasteiger partial charge in [0.15, 0.2) is 0 Å². The molecular weight excluding hydrogens is 399 g/mol. The van der Waals surface area contributed by atoms with Gasteiger partial charge in [0, 0.05) is 55.2 Å². The first-order chi connectivity index (χ1) is 14.6. The molecule has 0 unspecified atom stereocenters. The number of halogens is 1. The van der Waals surface area contributed by atoms with Crippen molar-refractivity contribution < 1.29 is 9.18 Å². The summed E-state index contributed by atoms with van der Waals surface area (Å²) in [5.74, 6) is -0.270. The van der Waals surface area contributed by atoms with Crippen LogP contribution < -0.4 is 4.90 Å². The molecule has 0 radical (unpaired) electrons. The van der Waals surface area contributed by atoms with E-state index in [1.165, 1.54) is 23.5 Å². The van der Waals surface area contributed by atoms with Crippen LogP contribution >= 0.6 is 11.3 Å². The van der Waals surface area contributed by atoms with Crippen molar-refractivity contribution in [1.29, 1.82) is 0 Å². The molecule has 1 saturated heterocycles. The van der Waals surface area contributed by atoms with Crippen LogP contribution in [0.4, 0.5) is 10.1 Å². The number of aryl methyl sites for hydroxylation is 1. The Labute approximate surface area is 178 Å². The Kier molecular flexibility index (Phi) is 4.75. The largest absolute Gasteiger partial charge is 0.368 e. The molecule has 0 bridgehead atoms. The molecule has 3 heterocycles. The van der Waals surface area contributed by atoms with E-state index in [0.717, 1.165) is 40.4 Å². The monoisotopic (exact) mass is 420 g/mol. The third-order valence-electron chi connectivity index (χ3n) is 5.65. The van der Waals surface area contributed by atoms with Gasteiger partial charge in [-0.2, -0.15) is 0 Å². The highest BCUT2D eigenvalue weighted by molar-refractivity contribution is 7.13. The molecule has 5 rings (SSSR count). The highest BCUT2D eigenvalue weighted by atomic mass is 32.1. The van der Waals surface area contributed by atoms with Gasteiger partial charge in [-0.3, -0.25) is 4.79 Å². The number of nitrogens with zero attached hydrogens (tertiary/aromatic N) is 4. The van der Waals surface area contributed by atoms with Gasteiger partial charge in [-0.05, 0) is 36.4 Å². The third kappa shape index (κ3) is 3.35. The van der Waals surface area contributed by atoms with Crippen LogP contribution in [0.1, 0.15) is 10.5 Å². The van der Waals surface area contributed by atoms with Crippen LogP contribution in [0, 0.1) is 5.82 Å². The molecule has 1 fully saturated rings. The van der Waals surface area contributed by atoms with Gasteiger partial charge in [0.25, 0.3) is 5.91 Å². The van der Waals surface area contributed by atoms with Crippen LogP contribution in [0.3, 0.4) is 0 Å². The quantitative estimate of drug-likeness (QED) is 0.493. The zero-order valence-corrected chi connectivity index (χ0v) is 17.4. The van der Waals surface area contributed by atoms with Crippen LogP contribution in [0.5, 0.6) is 0 Å². The van der Waals surface area contributed by atoms with Crippen molar-refractivity contribution in [1.82, 2.24) is 14.5 Å². The smallest absolute Gasteiger partial charge is 0.273 e. The number of hydrogen-bond acceptors (Lipinski definition) is 4. The summed E-state index contributed by atoms with van der Waals surface area (Å²) >= 11 is 1.50. The lowest BCUT2D eigenvalue weighted by Crippen LogP contribution is -2.48. The second-order valence-corrected chi connectivity index (χ2v) is 8.30. The predicted octanol–water partition coefficient (Wildman–Crippen LogP) is 4.40. The second kappa shape index (κ2) is 7.57. The highest BCUT2D eigenvalue weighted by Crippen LogP contribution is 2.30. The molecule has 2 aromatic carbocycles. The molecule has 4 aromatic rings. The van der Waals surface area contributed by atoms with Gasteiger partial charge in [0.2, 0.25) is 0 Å². The van der Waals surface area contributed by atoms with E-state index in [4.69, 9.17) is 0 Å². The normalized spacial score (nSPS) is 14.5. The number of carbonyl (C=O) groups excluding carboxylic acids is 1. The molecule has 2 aromatic heterocycles. The van der Waals surface area contributed by atoms with E-state index in [-0.39, 0.29) is 11.7 Å². The summed E-state index contributed by atoms with van der Waals surface area (Å²) in [5, 5.41) is 3.86. The summed E-state index contributed by atoms with van der Waals surface area (Å²) in [6.45, 7) is 2.68. The molecule has 0 spiro atoms. The number of para-hydroxylation sites is 1. The Bertz CT molecular complexity index is 1210. The molecule has 1 amide bonds. The van der Waals surface area contributed by atoms with Gasteiger partial charge in [-0.25, -0.2) is 9.37 Å². The maximum atomic E-state index is 13.1. The van der Waals surface area contributed by atoms with E-state index < -0.39 is 0 Å². The van der Waals surface area contributed by atoms with Gasteiger partial charge in [-0.1, -0.05) is 18.2 Å². The number of benzene rings is 2. The first kappa shape index (κ1) is 18.8. The fraction of sp³-hybridized carbons (Fsp3) is 0.217. The standard InChI is InChI=1S/C23H21FN4OS/c1-26-20-5-3-2-4-16(20)14-21(26)22-25-19(15-30-22)23(29)28-12-10-27(11-13-28)18-8-6-17(24)7-9-18/h2-9,14-15H,10-13H2,1H3. The second-order valence-electron chi connectivity index (χ2n) is 7.44. The first-order valence-electron chi connectivity index (χ1n) is 9.90. The lowest BCUT2D eigenvalue weighted by atomic mass is 10.2. The van der Waals surface area contributed by atoms with Gasteiger partial charge in [-0.15, -0.1) is 11.3 Å². The van der Waals surface area contributed by atoms with E-state index in [0.29, 0.717) is 18.8 Å². The molecule has 0 atom stereocenters. The Morgan fingerprint density at radius 2 is 1.77 bits per heavy atom. The molecule has 30 heavy (non-hydrogen) atoms. The van der Waals surface area contributed by atoms with Gasteiger partial charge in [0.1, 0.15) is 16.5 Å². The van der Waals surface area contributed by atoms with E-state index in [2.05, 4.69) is 32.7 Å². The summed E-state index contributed by atoms with van der Waals surface area (Å²) in [6, 6.07) is 16.8. The number of fused-ring (bicyclic) bond motifs is 1. The number of thiazole rings is 1. The van der Waals surface area contributed by atoms with Crippen molar-refractivity contribution in [2.75, 3.05) is 31.1 Å². The molecule has 1 aliphatic heterocycles. The van der Waals surface area contributed by atoms with E-state index >= 15 is 0 Å². The fourth-order valence-electron chi connectivity index (χ4n) is 3.97. The number of hydrogen-bond donors (Lipinski definition) is 0. The van der Waals surface area contributed by atoms with Crippen molar-refractivity contribution in [2.24, 2.45) is 7.05 Å². The summed E-state index contributed by atoms with van der Waals surface area (Å²) in [7, 11) is 2.02. The van der Waals surface area contributed by atoms with E-state index in [1.807, 2.05) is 29.5 Å². The van der Waals surface area contributed by atoms with Crippen molar-refractivity contribution >= 4 is 33.8 Å². The zero-order valence-electron chi connectivity index (χ0n) is 16.6. The average Bonchev–Trinajstić information content (AvgIpc) is 3.39. The summed E-state index contributed by atoms with van der Waals surface area (Å²) < 4.78 is 15.3. The Morgan fingerprint density at radius 3 is 2.50 bits per heavy atom. The maximum absolute atomic E-state index is 13.1. The summed E-state index contributed by atoms with van der Waals surface area (Å²) in [6.07, 6.45) is 0. The number of piperazine rings is 1. The van der Waals surface area contributed by atoms with Crippen LogP contribution in [-0.2, 0) is 7.05 Å².